The maximum absolute atomic E-state index is 12.7. The molecule has 112 valence electrons. The first-order chi connectivity index (χ1) is 9.30. The molecule has 0 bridgehead atoms. The number of nitrogens with zero attached hydrogens (tertiary/aromatic N) is 1. The molecule has 0 N–H and O–H groups in total. The minimum absolute atomic E-state index is 0.0123. The van der Waals surface area contributed by atoms with E-state index in [4.69, 9.17) is 0 Å². The smallest absolute Gasteiger partial charge is 0.298 e. The van der Waals surface area contributed by atoms with E-state index >= 15 is 0 Å². The molecular weight excluding hydrogens is 274 g/mol. The van der Waals surface area contributed by atoms with Gasteiger partial charge in [-0.05, 0) is 30.7 Å². The summed E-state index contributed by atoms with van der Waals surface area (Å²) in [7, 11) is 0. The fourth-order valence-corrected chi connectivity index (χ4v) is 1.92. The predicted molar refractivity (Wildman–Crippen MR) is 67.9 cm³/mol. The van der Waals surface area contributed by atoms with Crippen LogP contribution in [0.2, 0.25) is 0 Å². The minimum atomic E-state index is -4.31. The van der Waals surface area contributed by atoms with Crippen LogP contribution in [0.15, 0.2) is 24.3 Å². The molecule has 20 heavy (non-hydrogen) atoms. The highest BCUT2D eigenvalue weighted by Gasteiger charge is 2.30. The lowest BCUT2D eigenvalue weighted by Crippen LogP contribution is -2.38. The van der Waals surface area contributed by atoms with Crippen LogP contribution >= 0.6 is 0 Å². The Morgan fingerprint density at radius 3 is 2.30 bits per heavy atom. The van der Waals surface area contributed by atoms with Gasteiger partial charge in [-0.15, -0.1) is 0 Å². The van der Waals surface area contributed by atoms with Crippen LogP contribution in [-0.4, -0.2) is 36.5 Å². The average Bonchev–Trinajstić information content (AvgIpc) is 2.30. The molecule has 0 fully saturated rings. The summed E-state index contributed by atoms with van der Waals surface area (Å²) in [6.07, 6.45) is -3.76. The molecule has 0 unspecified atom stereocenters. The summed E-state index contributed by atoms with van der Waals surface area (Å²) >= 11 is 0. The zero-order valence-electron chi connectivity index (χ0n) is 11.2. The van der Waals surface area contributed by atoms with Gasteiger partial charge in [0.1, 0.15) is 5.82 Å². The van der Waals surface area contributed by atoms with Crippen molar-refractivity contribution in [3.05, 3.63) is 35.6 Å². The van der Waals surface area contributed by atoms with Gasteiger partial charge in [0.25, 0.3) is 0 Å². The van der Waals surface area contributed by atoms with Crippen LogP contribution in [0.4, 0.5) is 17.6 Å². The summed E-state index contributed by atoms with van der Waals surface area (Å²) < 4.78 is 49.8. The number of alkyl halides is 3. The van der Waals surface area contributed by atoms with Crippen molar-refractivity contribution in [1.29, 1.82) is 0 Å². The molecule has 0 saturated carbocycles. The third kappa shape index (κ3) is 6.65. The van der Waals surface area contributed by atoms with Crippen molar-refractivity contribution in [2.24, 2.45) is 0 Å². The zero-order valence-corrected chi connectivity index (χ0v) is 11.2. The molecule has 0 amide bonds. The van der Waals surface area contributed by atoms with E-state index in [1.54, 1.807) is 6.92 Å². The second kappa shape index (κ2) is 7.38. The fraction of sp³-hybridized carbons (Fsp3) is 0.500. The van der Waals surface area contributed by atoms with E-state index in [-0.39, 0.29) is 25.3 Å². The largest absolute Gasteiger partial charge is 0.401 e. The summed E-state index contributed by atoms with van der Waals surface area (Å²) in [5.41, 5.74) is 0.597. The van der Waals surface area contributed by atoms with E-state index in [9.17, 15) is 22.4 Å². The normalized spacial score (nSPS) is 11.9. The van der Waals surface area contributed by atoms with E-state index in [2.05, 4.69) is 0 Å². The number of ketones is 1. The van der Waals surface area contributed by atoms with Crippen molar-refractivity contribution in [2.45, 2.75) is 25.9 Å². The van der Waals surface area contributed by atoms with Crippen LogP contribution in [0.5, 0.6) is 0 Å². The van der Waals surface area contributed by atoms with Crippen molar-refractivity contribution < 1.29 is 22.4 Å². The second-order valence-corrected chi connectivity index (χ2v) is 4.67. The molecule has 0 aliphatic heterocycles. The fourth-order valence-electron chi connectivity index (χ4n) is 1.92. The molecule has 6 heteroatoms. The van der Waals surface area contributed by atoms with E-state index in [1.165, 1.54) is 24.3 Å². The Kier molecular flexibility index (Phi) is 6.13. The monoisotopic (exact) mass is 291 g/mol. The van der Waals surface area contributed by atoms with Gasteiger partial charge in [-0.3, -0.25) is 9.69 Å². The van der Waals surface area contributed by atoms with Crippen molar-refractivity contribution in [3.63, 3.8) is 0 Å². The lowest BCUT2D eigenvalue weighted by Gasteiger charge is -2.22. The first kappa shape index (κ1) is 16.6. The van der Waals surface area contributed by atoms with Crippen LogP contribution in [-0.2, 0) is 11.2 Å². The molecule has 1 rings (SSSR count). The number of carbonyl (C=O) groups excluding carboxylic acids is 1. The Morgan fingerprint density at radius 2 is 1.80 bits per heavy atom. The van der Waals surface area contributed by atoms with Crippen LogP contribution < -0.4 is 0 Å². The van der Waals surface area contributed by atoms with Gasteiger partial charge in [0.2, 0.25) is 0 Å². The summed E-state index contributed by atoms with van der Waals surface area (Å²) in [4.78, 5) is 12.9. The molecule has 1 aromatic rings. The van der Waals surface area contributed by atoms with Gasteiger partial charge in [-0.25, -0.2) is 4.39 Å². The maximum atomic E-state index is 12.7. The van der Waals surface area contributed by atoms with Crippen molar-refractivity contribution in [3.8, 4) is 0 Å². The number of rotatable bonds is 7. The predicted octanol–water partition coefficient (Wildman–Crippen LogP) is 3.21. The standard InChI is InChI=1S/C14H17F4NO/c1-2-7-19(10-14(16,17)18)9-13(20)8-11-3-5-12(15)6-4-11/h3-6H,2,7-10H2,1H3. The second-order valence-electron chi connectivity index (χ2n) is 4.67. The van der Waals surface area contributed by atoms with Crippen molar-refractivity contribution in [2.75, 3.05) is 19.6 Å². The van der Waals surface area contributed by atoms with E-state index < -0.39 is 18.5 Å². The molecule has 0 heterocycles. The first-order valence-electron chi connectivity index (χ1n) is 6.35. The van der Waals surface area contributed by atoms with Gasteiger partial charge in [-0.1, -0.05) is 19.1 Å². The average molecular weight is 291 g/mol. The third-order valence-electron chi connectivity index (χ3n) is 2.66. The van der Waals surface area contributed by atoms with E-state index in [0.29, 0.717) is 12.0 Å². The number of halogens is 4. The topological polar surface area (TPSA) is 20.3 Å². The van der Waals surface area contributed by atoms with Gasteiger partial charge < -0.3 is 0 Å². The number of Topliss-reactive ketones (excluding diaryl/α,β-unsaturated/α-hetero) is 1. The van der Waals surface area contributed by atoms with E-state index in [1.807, 2.05) is 0 Å². The van der Waals surface area contributed by atoms with Crippen molar-refractivity contribution in [1.82, 2.24) is 4.90 Å². The maximum Gasteiger partial charge on any atom is 0.401 e. The molecule has 0 aliphatic carbocycles. The van der Waals surface area contributed by atoms with Crippen LogP contribution in [0.25, 0.3) is 0 Å². The molecular formula is C14H17F4NO. The Balaban J connectivity index is 2.55. The summed E-state index contributed by atoms with van der Waals surface area (Å²) in [6.45, 7) is 0.642. The Bertz CT molecular complexity index is 428. The molecule has 0 radical (unpaired) electrons. The molecule has 2 nitrogen and oxygen atoms in total. The van der Waals surface area contributed by atoms with Crippen molar-refractivity contribution >= 4 is 5.78 Å². The molecule has 0 spiro atoms. The van der Waals surface area contributed by atoms with Gasteiger partial charge >= 0.3 is 6.18 Å². The highest BCUT2D eigenvalue weighted by molar-refractivity contribution is 5.82. The molecule has 0 aliphatic rings. The highest BCUT2D eigenvalue weighted by Crippen LogP contribution is 2.16. The van der Waals surface area contributed by atoms with E-state index in [0.717, 1.165) is 4.90 Å². The number of benzene rings is 1. The van der Waals surface area contributed by atoms with Gasteiger partial charge in [0.05, 0.1) is 13.1 Å². The molecule has 0 atom stereocenters. The Morgan fingerprint density at radius 1 is 1.20 bits per heavy atom. The third-order valence-corrected chi connectivity index (χ3v) is 2.66. The Labute approximate surface area is 115 Å². The summed E-state index contributed by atoms with van der Waals surface area (Å²) in [5, 5.41) is 0. The SMILES string of the molecule is CCCN(CC(=O)Cc1ccc(F)cc1)CC(F)(F)F. The highest BCUT2D eigenvalue weighted by atomic mass is 19.4. The molecule has 1 aromatic carbocycles. The van der Waals surface area contributed by atoms with Crippen LogP contribution in [0.1, 0.15) is 18.9 Å². The first-order valence-corrected chi connectivity index (χ1v) is 6.35. The lowest BCUT2D eigenvalue weighted by atomic mass is 10.1. The number of carbonyl (C=O) groups is 1. The van der Waals surface area contributed by atoms with Gasteiger partial charge in [0.15, 0.2) is 5.78 Å². The summed E-state index contributed by atoms with van der Waals surface area (Å²) in [5.74, 6) is -0.722. The Hall–Kier alpha value is -1.43. The molecule has 0 aromatic heterocycles. The number of hydrogen-bond donors (Lipinski definition) is 0. The van der Waals surface area contributed by atoms with Crippen LogP contribution in [0.3, 0.4) is 0 Å². The number of hydrogen-bond acceptors (Lipinski definition) is 2. The zero-order chi connectivity index (χ0) is 15.2. The van der Waals surface area contributed by atoms with Gasteiger partial charge in [-0.2, -0.15) is 13.2 Å². The van der Waals surface area contributed by atoms with Crippen LogP contribution in [0, 0.1) is 5.82 Å². The summed E-state index contributed by atoms with van der Waals surface area (Å²) in [6, 6.07) is 5.37. The molecule has 0 saturated heterocycles. The van der Waals surface area contributed by atoms with Gasteiger partial charge in [0, 0.05) is 6.42 Å². The minimum Gasteiger partial charge on any atom is -0.298 e. The quantitative estimate of drug-likeness (QED) is 0.719. The lowest BCUT2D eigenvalue weighted by molar-refractivity contribution is -0.148.